The second-order valence-corrected chi connectivity index (χ2v) is 2.56. The zero-order chi connectivity index (χ0) is 9.14. The number of anilines is 1. The van der Waals surface area contributed by atoms with Crippen LogP contribution < -0.4 is 5.73 Å². The maximum Gasteiger partial charge on any atom is 0.159 e. The minimum atomic E-state index is -0.0922. The molecule has 12 heavy (non-hydrogen) atoms. The maximum absolute atomic E-state index is 10.9. The first kappa shape index (κ1) is 8.46. The van der Waals surface area contributed by atoms with E-state index in [0.29, 0.717) is 23.1 Å². The third-order valence-electron chi connectivity index (χ3n) is 1.52. The Balaban J connectivity index is 3.23. The van der Waals surface area contributed by atoms with E-state index in [9.17, 15) is 9.59 Å². The van der Waals surface area contributed by atoms with Crippen LogP contribution >= 0.6 is 0 Å². The number of nitrogen functional groups attached to an aromatic ring is 1. The fraction of sp³-hybridized carbons (Fsp3) is 0.111. The summed E-state index contributed by atoms with van der Waals surface area (Å²) < 4.78 is 0. The van der Waals surface area contributed by atoms with E-state index >= 15 is 0 Å². The van der Waals surface area contributed by atoms with Crippen LogP contribution in [0, 0.1) is 0 Å². The quantitative estimate of drug-likeness (QED) is 0.406. The Bertz CT molecular complexity index is 331. The molecule has 0 spiro atoms. The van der Waals surface area contributed by atoms with Crippen LogP contribution in [0.15, 0.2) is 18.2 Å². The summed E-state index contributed by atoms with van der Waals surface area (Å²) in [5.74, 6) is -0.0922. The van der Waals surface area contributed by atoms with E-state index in [2.05, 4.69) is 0 Å². The van der Waals surface area contributed by atoms with Gasteiger partial charge in [-0.05, 0) is 25.1 Å². The van der Waals surface area contributed by atoms with Crippen molar-refractivity contribution in [2.75, 3.05) is 5.73 Å². The van der Waals surface area contributed by atoms with Gasteiger partial charge >= 0.3 is 0 Å². The molecule has 0 aliphatic heterocycles. The summed E-state index contributed by atoms with van der Waals surface area (Å²) in [5, 5.41) is 0. The highest BCUT2D eigenvalue weighted by Gasteiger charge is 2.01. The zero-order valence-corrected chi connectivity index (χ0v) is 6.70. The lowest BCUT2D eigenvalue weighted by Gasteiger charge is -1.99. The highest BCUT2D eigenvalue weighted by molar-refractivity contribution is 5.96. The first-order valence-corrected chi connectivity index (χ1v) is 3.50. The van der Waals surface area contributed by atoms with Crippen LogP contribution in [0.5, 0.6) is 0 Å². The van der Waals surface area contributed by atoms with Gasteiger partial charge in [-0.2, -0.15) is 0 Å². The lowest BCUT2D eigenvalue weighted by atomic mass is 10.1. The molecule has 3 heteroatoms. The summed E-state index contributed by atoms with van der Waals surface area (Å²) >= 11 is 0. The van der Waals surface area contributed by atoms with Gasteiger partial charge in [0.1, 0.15) is 6.29 Å². The van der Waals surface area contributed by atoms with Crippen molar-refractivity contribution in [2.45, 2.75) is 6.92 Å². The Morgan fingerprint density at radius 1 is 1.42 bits per heavy atom. The van der Waals surface area contributed by atoms with Gasteiger partial charge in [0, 0.05) is 16.8 Å². The molecular formula is C9H9NO2. The lowest BCUT2D eigenvalue weighted by Crippen LogP contribution is -1.96. The van der Waals surface area contributed by atoms with Crippen LogP contribution in [0.4, 0.5) is 5.69 Å². The van der Waals surface area contributed by atoms with Crippen molar-refractivity contribution in [1.29, 1.82) is 0 Å². The van der Waals surface area contributed by atoms with Crippen LogP contribution in [-0.2, 0) is 0 Å². The summed E-state index contributed by atoms with van der Waals surface area (Å²) in [4.78, 5) is 21.3. The number of rotatable bonds is 2. The highest BCUT2D eigenvalue weighted by Crippen LogP contribution is 2.10. The molecule has 0 saturated heterocycles. The first-order chi connectivity index (χ1) is 5.63. The van der Waals surface area contributed by atoms with Crippen LogP contribution in [0.2, 0.25) is 0 Å². The molecule has 0 aromatic heterocycles. The van der Waals surface area contributed by atoms with Gasteiger partial charge in [-0.1, -0.05) is 0 Å². The predicted octanol–water partition coefficient (Wildman–Crippen LogP) is 1.28. The van der Waals surface area contributed by atoms with Crippen molar-refractivity contribution >= 4 is 17.8 Å². The van der Waals surface area contributed by atoms with Crippen molar-refractivity contribution in [1.82, 2.24) is 0 Å². The van der Waals surface area contributed by atoms with Gasteiger partial charge in [-0.25, -0.2) is 0 Å². The van der Waals surface area contributed by atoms with Gasteiger partial charge in [0.15, 0.2) is 5.78 Å². The first-order valence-electron chi connectivity index (χ1n) is 3.50. The molecule has 0 bridgehead atoms. The number of aldehydes is 1. The SMILES string of the molecule is CC(=O)c1cc(N)cc(C=O)c1. The Kier molecular flexibility index (Phi) is 2.24. The topological polar surface area (TPSA) is 60.2 Å². The smallest absolute Gasteiger partial charge is 0.159 e. The average Bonchev–Trinajstić information content (AvgIpc) is 2.03. The molecule has 0 radical (unpaired) electrons. The molecular weight excluding hydrogens is 154 g/mol. The molecule has 0 atom stereocenters. The molecule has 0 aliphatic carbocycles. The van der Waals surface area contributed by atoms with Crippen LogP contribution in [0.3, 0.4) is 0 Å². The van der Waals surface area contributed by atoms with Crippen molar-refractivity contribution in [2.24, 2.45) is 0 Å². The molecule has 3 nitrogen and oxygen atoms in total. The Labute approximate surface area is 70.2 Å². The third kappa shape index (κ3) is 1.69. The number of carbonyl (C=O) groups excluding carboxylic acids is 2. The fourth-order valence-electron chi connectivity index (χ4n) is 0.948. The zero-order valence-electron chi connectivity index (χ0n) is 6.70. The largest absolute Gasteiger partial charge is 0.399 e. The van der Waals surface area contributed by atoms with Crippen LogP contribution in [-0.4, -0.2) is 12.1 Å². The van der Waals surface area contributed by atoms with E-state index in [0.717, 1.165) is 0 Å². The standard InChI is InChI=1S/C9H9NO2/c1-6(12)8-2-7(5-11)3-9(10)4-8/h2-5H,10H2,1H3. The molecule has 0 unspecified atom stereocenters. The summed E-state index contributed by atoms with van der Waals surface area (Å²) in [6.07, 6.45) is 0.669. The Morgan fingerprint density at radius 2 is 2.08 bits per heavy atom. The number of hydrogen-bond donors (Lipinski definition) is 1. The van der Waals surface area contributed by atoms with Crippen LogP contribution in [0.1, 0.15) is 27.6 Å². The summed E-state index contributed by atoms with van der Waals surface area (Å²) in [6, 6.07) is 4.60. The van der Waals surface area contributed by atoms with Crippen molar-refractivity contribution in [3.8, 4) is 0 Å². The third-order valence-corrected chi connectivity index (χ3v) is 1.52. The molecule has 0 fully saturated rings. The van der Waals surface area contributed by atoms with E-state index in [1.807, 2.05) is 0 Å². The van der Waals surface area contributed by atoms with Gasteiger partial charge in [-0.3, -0.25) is 9.59 Å². The van der Waals surface area contributed by atoms with E-state index in [1.165, 1.54) is 19.1 Å². The molecule has 0 aliphatic rings. The van der Waals surface area contributed by atoms with Crippen LogP contribution in [0.25, 0.3) is 0 Å². The second-order valence-electron chi connectivity index (χ2n) is 2.56. The number of hydrogen-bond acceptors (Lipinski definition) is 3. The number of Topliss-reactive ketones (excluding diaryl/α,β-unsaturated/α-hetero) is 1. The molecule has 1 rings (SSSR count). The molecule has 0 amide bonds. The maximum atomic E-state index is 10.9. The molecule has 62 valence electrons. The molecule has 0 heterocycles. The van der Waals surface area contributed by atoms with Gasteiger partial charge < -0.3 is 5.73 Å². The summed E-state index contributed by atoms with van der Waals surface area (Å²) in [5.41, 5.74) is 6.80. The molecule has 1 aromatic rings. The number of ketones is 1. The molecule has 0 saturated carbocycles. The van der Waals surface area contributed by atoms with Gasteiger partial charge in [-0.15, -0.1) is 0 Å². The number of benzene rings is 1. The predicted molar refractivity (Wildman–Crippen MR) is 46.2 cm³/mol. The fourth-order valence-corrected chi connectivity index (χ4v) is 0.948. The van der Waals surface area contributed by atoms with Gasteiger partial charge in [0.2, 0.25) is 0 Å². The summed E-state index contributed by atoms with van der Waals surface area (Å²) in [7, 11) is 0. The van der Waals surface area contributed by atoms with E-state index in [4.69, 9.17) is 5.73 Å². The normalized spacial score (nSPS) is 9.42. The van der Waals surface area contributed by atoms with Gasteiger partial charge in [0.25, 0.3) is 0 Å². The van der Waals surface area contributed by atoms with E-state index in [-0.39, 0.29) is 5.78 Å². The number of nitrogens with two attached hydrogens (primary N) is 1. The lowest BCUT2D eigenvalue weighted by molar-refractivity contribution is 0.101. The molecule has 2 N–H and O–H groups in total. The molecule has 1 aromatic carbocycles. The van der Waals surface area contributed by atoms with Crippen molar-refractivity contribution in [3.63, 3.8) is 0 Å². The summed E-state index contributed by atoms with van der Waals surface area (Å²) in [6.45, 7) is 1.43. The Morgan fingerprint density at radius 3 is 2.58 bits per heavy atom. The monoisotopic (exact) mass is 163 g/mol. The highest BCUT2D eigenvalue weighted by atomic mass is 16.1. The second kappa shape index (κ2) is 3.17. The van der Waals surface area contributed by atoms with E-state index < -0.39 is 0 Å². The van der Waals surface area contributed by atoms with E-state index in [1.54, 1.807) is 6.07 Å². The number of carbonyl (C=O) groups is 2. The van der Waals surface area contributed by atoms with Crippen molar-refractivity contribution in [3.05, 3.63) is 29.3 Å². The minimum Gasteiger partial charge on any atom is -0.399 e. The Hall–Kier alpha value is -1.64. The average molecular weight is 163 g/mol. The van der Waals surface area contributed by atoms with Gasteiger partial charge in [0.05, 0.1) is 0 Å². The minimum absolute atomic E-state index is 0.0922. The van der Waals surface area contributed by atoms with Crippen molar-refractivity contribution < 1.29 is 9.59 Å².